The summed E-state index contributed by atoms with van der Waals surface area (Å²) in [4.78, 5) is 21.5. The van der Waals surface area contributed by atoms with Crippen molar-refractivity contribution in [2.24, 2.45) is 0 Å². The van der Waals surface area contributed by atoms with E-state index in [1.165, 1.54) is 0 Å². The Morgan fingerprint density at radius 3 is 3.05 bits per heavy atom. The molecule has 3 heterocycles. The van der Waals surface area contributed by atoms with Crippen LogP contribution in [0.5, 0.6) is 0 Å². The minimum absolute atomic E-state index is 0.0512. The van der Waals surface area contributed by atoms with Crippen LogP contribution in [-0.2, 0) is 13.0 Å². The Morgan fingerprint density at radius 2 is 2.29 bits per heavy atom. The molecule has 0 aliphatic carbocycles. The summed E-state index contributed by atoms with van der Waals surface area (Å²) in [5.74, 6) is 1.62. The van der Waals surface area contributed by atoms with Crippen LogP contribution >= 0.6 is 11.3 Å². The molecule has 0 aliphatic rings. The fraction of sp³-hybridized carbons (Fsp3) is 0.333. The summed E-state index contributed by atoms with van der Waals surface area (Å²) >= 11 is 1.57. The van der Waals surface area contributed by atoms with Gasteiger partial charge in [-0.15, -0.1) is 11.3 Å². The quantitative estimate of drug-likeness (QED) is 0.711. The van der Waals surface area contributed by atoms with E-state index in [1.807, 2.05) is 26.0 Å². The number of nitrogens with zero attached hydrogens (tertiary/aromatic N) is 1. The van der Waals surface area contributed by atoms with Gasteiger partial charge in [-0.1, -0.05) is 0 Å². The van der Waals surface area contributed by atoms with Crippen LogP contribution in [0.4, 0.5) is 0 Å². The van der Waals surface area contributed by atoms with E-state index in [0.29, 0.717) is 12.4 Å². The van der Waals surface area contributed by atoms with Crippen molar-refractivity contribution in [2.45, 2.75) is 26.8 Å². The van der Waals surface area contributed by atoms with E-state index in [9.17, 15) is 4.79 Å². The molecule has 0 aromatic carbocycles. The normalized spacial score (nSPS) is 11.3. The van der Waals surface area contributed by atoms with Gasteiger partial charge in [-0.25, -0.2) is 4.98 Å². The lowest BCUT2D eigenvalue weighted by molar-refractivity contribution is 0.497. The molecular weight excluding hydrogens is 286 g/mol. The predicted octanol–water partition coefficient (Wildman–Crippen LogP) is 2.53. The van der Waals surface area contributed by atoms with Crippen LogP contribution in [0.3, 0.4) is 0 Å². The molecule has 0 radical (unpaired) electrons. The van der Waals surface area contributed by atoms with Gasteiger partial charge in [0.2, 0.25) is 0 Å². The second-order valence-corrected chi connectivity index (χ2v) is 6.19. The zero-order chi connectivity index (χ0) is 14.8. The van der Waals surface area contributed by atoms with Crippen LogP contribution in [-0.4, -0.2) is 16.5 Å². The third kappa shape index (κ3) is 2.91. The SMILES string of the molecule is Cc1sc2nc(CNCCc3ccco3)[nH]c(=O)c2c1C. The highest BCUT2D eigenvalue weighted by molar-refractivity contribution is 7.18. The maximum absolute atomic E-state index is 12.1. The summed E-state index contributed by atoms with van der Waals surface area (Å²) in [6, 6.07) is 3.83. The first-order valence-electron chi connectivity index (χ1n) is 6.87. The maximum atomic E-state index is 12.1. The highest BCUT2D eigenvalue weighted by Crippen LogP contribution is 2.25. The van der Waals surface area contributed by atoms with Crippen LogP contribution in [0.25, 0.3) is 10.2 Å². The lowest BCUT2D eigenvalue weighted by atomic mass is 10.2. The second kappa shape index (κ2) is 5.83. The van der Waals surface area contributed by atoms with Gasteiger partial charge in [0.25, 0.3) is 5.56 Å². The van der Waals surface area contributed by atoms with Crippen molar-refractivity contribution in [2.75, 3.05) is 6.54 Å². The van der Waals surface area contributed by atoms with E-state index < -0.39 is 0 Å². The molecule has 0 spiro atoms. The van der Waals surface area contributed by atoms with Crippen molar-refractivity contribution in [1.29, 1.82) is 0 Å². The first-order valence-corrected chi connectivity index (χ1v) is 7.69. The molecule has 0 fully saturated rings. The van der Waals surface area contributed by atoms with E-state index in [0.717, 1.165) is 39.4 Å². The first-order chi connectivity index (χ1) is 10.1. The molecule has 0 saturated heterocycles. The van der Waals surface area contributed by atoms with Crippen molar-refractivity contribution in [3.8, 4) is 0 Å². The molecule has 0 amide bonds. The molecule has 0 bridgehead atoms. The zero-order valence-corrected chi connectivity index (χ0v) is 12.8. The zero-order valence-electron chi connectivity index (χ0n) is 12.0. The molecule has 3 rings (SSSR count). The van der Waals surface area contributed by atoms with Crippen molar-refractivity contribution in [3.05, 3.63) is 50.8 Å². The van der Waals surface area contributed by atoms with Gasteiger partial charge in [-0.2, -0.15) is 0 Å². The van der Waals surface area contributed by atoms with Crippen LogP contribution in [0.15, 0.2) is 27.6 Å². The highest BCUT2D eigenvalue weighted by Gasteiger charge is 2.11. The number of fused-ring (bicyclic) bond motifs is 1. The average Bonchev–Trinajstić information content (AvgIpc) is 3.04. The van der Waals surface area contributed by atoms with Gasteiger partial charge in [0, 0.05) is 17.8 Å². The summed E-state index contributed by atoms with van der Waals surface area (Å²) < 4.78 is 5.27. The van der Waals surface area contributed by atoms with E-state index in [2.05, 4.69) is 15.3 Å². The molecule has 3 aromatic rings. The first kappa shape index (κ1) is 14.0. The van der Waals surface area contributed by atoms with Crippen molar-refractivity contribution in [1.82, 2.24) is 15.3 Å². The molecule has 0 unspecified atom stereocenters. The number of thiophene rings is 1. The van der Waals surface area contributed by atoms with Gasteiger partial charge in [0.1, 0.15) is 16.4 Å². The number of hydrogen-bond donors (Lipinski definition) is 2. The number of rotatable bonds is 5. The van der Waals surface area contributed by atoms with Gasteiger partial charge in [0.05, 0.1) is 18.2 Å². The number of aromatic amines is 1. The van der Waals surface area contributed by atoms with Crippen LogP contribution in [0.2, 0.25) is 0 Å². The van der Waals surface area contributed by atoms with Crippen LogP contribution in [0.1, 0.15) is 22.0 Å². The highest BCUT2D eigenvalue weighted by atomic mass is 32.1. The third-order valence-electron chi connectivity index (χ3n) is 3.51. The molecule has 110 valence electrons. The van der Waals surface area contributed by atoms with Crippen molar-refractivity contribution < 1.29 is 4.42 Å². The number of aromatic nitrogens is 2. The summed E-state index contributed by atoms with van der Waals surface area (Å²) in [5, 5.41) is 3.98. The Bertz CT molecular complexity index is 802. The molecule has 3 aromatic heterocycles. The molecule has 2 N–H and O–H groups in total. The summed E-state index contributed by atoms with van der Waals surface area (Å²) in [7, 11) is 0. The Morgan fingerprint density at radius 1 is 1.43 bits per heavy atom. The number of H-pyrrole nitrogens is 1. The monoisotopic (exact) mass is 303 g/mol. The lowest BCUT2D eigenvalue weighted by Gasteiger charge is -2.03. The number of aryl methyl sites for hydroxylation is 2. The van der Waals surface area contributed by atoms with E-state index >= 15 is 0 Å². The van der Waals surface area contributed by atoms with E-state index in [4.69, 9.17) is 4.42 Å². The topological polar surface area (TPSA) is 70.9 Å². The van der Waals surface area contributed by atoms with E-state index in [-0.39, 0.29) is 5.56 Å². The summed E-state index contributed by atoms with van der Waals surface area (Å²) in [5.41, 5.74) is 0.978. The number of hydrogen-bond acceptors (Lipinski definition) is 5. The van der Waals surface area contributed by atoms with Gasteiger partial charge in [0.15, 0.2) is 0 Å². The predicted molar refractivity (Wildman–Crippen MR) is 83.8 cm³/mol. The minimum Gasteiger partial charge on any atom is -0.469 e. The molecular formula is C15H17N3O2S. The fourth-order valence-electron chi connectivity index (χ4n) is 2.26. The Hall–Kier alpha value is -1.92. The molecule has 0 saturated carbocycles. The Labute approximate surface area is 126 Å². The van der Waals surface area contributed by atoms with Gasteiger partial charge in [-0.3, -0.25) is 4.79 Å². The van der Waals surface area contributed by atoms with Crippen molar-refractivity contribution in [3.63, 3.8) is 0 Å². The lowest BCUT2D eigenvalue weighted by Crippen LogP contribution is -2.21. The van der Waals surface area contributed by atoms with Crippen LogP contribution in [0, 0.1) is 13.8 Å². The number of nitrogens with one attached hydrogen (secondary N) is 2. The second-order valence-electron chi connectivity index (χ2n) is 4.98. The van der Waals surface area contributed by atoms with Gasteiger partial charge in [-0.05, 0) is 31.5 Å². The van der Waals surface area contributed by atoms with Crippen molar-refractivity contribution >= 4 is 21.6 Å². The fourth-order valence-corrected chi connectivity index (χ4v) is 3.31. The molecule has 0 atom stereocenters. The largest absolute Gasteiger partial charge is 0.469 e. The summed E-state index contributed by atoms with van der Waals surface area (Å²) in [6.07, 6.45) is 2.49. The van der Waals surface area contributed by atoms with Crippen LogP contribution < -0.4 is 10.9 Å². The minimum atomic E-state index is -0.0512. The summed E-state index contributed by atoms with van der Waals surface area (Å²) in [6.45, 7) is 5.30. The van der Waals surface area contributed by atoms with Gasteiger partial charge >= 0.3 is 0 Å². The maximum Gasteiger partial charge on any atom is 0.259 e. The molecule has 5 nitrogen and oxygen atoms in total. The average molecular weight is 303 g/mol. The van der Waals surface area contributed by atoms with E-state index in [1.54, 1.807) is 17.6 Å². The standard InChI is InChI=1S/C15H17N3O2S/c1-9-10(2)21-15-13(9)14(19)17-12(18-15)8-16-6-5-11-4-3-7-20-11/h3-4,7,16H,5-6,8H2,1-2H3,(H,17,18,19). The van der Waals surface area contributed by atoms with Gasteiger partial charge < -0.3 is 14.7 Å². The molecule has 0 aliphatic heterocycles. The molecule has 21 heavy (non-hydrogen) atoms. The number of furan rings is 1. The molecule has 6 heteroatoms. The Kier molecular flexibility index (Phi) is 3.90. The third-order valence-corrected chi connectivity index (χ3v) is 4.61. The smallest absolute Gasteiger partial charge is 0.259 e. The Balaban J connectivity index is 1.68.